The van der Waals surface area contributed by atoms with Crippen LogP contribution in [0.4, 0.5) is 0 Å². The second kappa shape index (κ2) is 3.74. The first-order valence-corrected chi connectivity index (χ1v) is 5.12. The molecule has 0 radical (unpaired) electrons. The molecule has 0 unspecified atom stereocenters. The Labute approximate surface area is 93.4 Å². The van der Waals surface area contributed by atoms with Crippen LogP contribution < -0.4 is 4.74 Å². The highest BCUT2D eigenvalue weighted by Gasteiger charge is 2.21. The third-order valence-electron chi connectivity index (χ3n) is 2.68. The standard InChI is InChI=1S/C11H12ClNO2/c1-6-8-5-13-4-3-7(8)9(12)11(15-2)10(6)14/h5,14H,3-4H2,1-2H3. The van der Waals surface area contributed by atoms with Crippen molar-refractivity contribution >= 4 is 17.8 Å². The Balaban J connectivity index is 2.76. The molecule has 0 bridgehead atoms. The highest BCUT2D eigenvalue weighted by Crippen LogP contribution is 2.42. The van der Waals surface area contributed by atoms with Crippen molar-refractivity contribution in [2.45, 2.75) is 13.3 Å². The van der Waals surface area contributed by atoms with Crippen LogP contribution >= 0.6 is 11.6 Å². The maximum atomic E-state index is 9.86. The van der Waals surface area contributed by atoms with E-state index in [0.29, 0.717) is 10.8 Å². The second-order valence-electron chi connectivity index (χ2n) is 3.50. The minimum absolute atomic E-state index is 0.106. The number of halogens is 1. The monoisotopic (exact) mass is 225 g/mol. The van der Waals surface area contributed by atoms with Gasteiger partial charge in [0.2, 0.25) is 0 Å². The van der Waals surface area contributed by atoms with Crippen molar-refractivity contribution in [3.05, 3.63) is 21.7 Å². The Bertz CT molecular complexity index is 441. The number of rotatable bonds is 1. The molecule has 1 aliphatic heterocycles. The molecule has 0 spiro atoms. The fourth-order valence-electron chi connectivity index (χ4n) is 1.82. The maximum absolute atomic E-state index is 9.86. The van der Waals surface area contributed by atoms with Gasteiger partial charge in [0, 0.05) is 23.9 Å². The van der Waals surface area contributed by atoms with Gasteiger partial charge in [-0.2, -0.15) is 0 Å². The molecule has 0 fully saturated rings. The normalized spacial score (nSPS) is 13.8. The Kier molecular flexibility index (Phi) is 2.57. The highest BCUT2D eigenvalue weighted by atomic mass is 35.5. The van der Waals surface area contributed by atoms with Crippen LogP contribution in [-0.4, -0.2) is 25.0 Å². The van der Waals surface area contributed by atoms with Crippen LogP contribution in [0.25, 0.3) is 0 Å². The van der Waals surface area contributed by atoms with E-state index >= 15 is 0 Å². The molecule has 0 atom stereocenters. The van der Waals surface area contributed by atoms with Gasteiger partial charge in [-0.25, -0.2) is 0 Å². The average Bonchev–Trinajstić information content (AvgIpc) is 2.27. The number of methoxy groups -OCH3 is 1. The summed E-state index contributed by atoms with van der Waals surface area (Å²) in [5.41, 5.74) is 2.71. The van der Waals surface area contributed by atoms with Gasteiger partial charge >= 0.3 is 0 Å². The topological polar surface area (TPSA) is 41.8 Å². The molecule has 1 aromatic carbocycles. The number of nitrogens with zero attached hydrogens (tertiary/aromatic N) is 1. The van der Waals surface area contributed by atoms with Gasteiger partial charge in [-0.05, 0) is 18.9 Å². The van der Waals surface area contributed by atoms with Crippen LogP contribution in [0.2, 0.25) is 5.02 Å². The molecule has 0 saturated carbocycles. The van der Waals surface area contributed by atoms with Gasteiger partial charge in [0.05, 0.1) is 12.1 Å². The van der Waals surface area contributed by atoms with Crippen LogP contribution in [0.15, 0.2) is 4.99 Å². The van der Waals surface area contributed by atoms with Gasteiger partial charge in [0.25, 0.3) is 0 Å². The average molecular weight is 226 g/mol. The van der Waals surface area contributed by atoms with Crippen LogP contribution in [0.5, 0.6) is 11.5 Å². The van der Waals surface area contributed by atoms with Gasteiger partial charge in [-0.3, -0.25) is 4.99 Å². The Morgan fingerprint density at radius 3 is 2.93 bits per heavy atom. The largest absolute Gasteiger partial charge is 0.504 e. The van der Waals surface area contributed by atoms with E-state index in [4.69, 9.17) is 16.3 Å². The van der Waals surface area contributed by atoms with Gasteiger partial charge in [-0.1, -0.05) is 11.6 Å². The molecule has 80 valence electrons. The summed E-state index contributed by atoms with van der Waals surface area (Å²) in [6, 6.07) is 0. The zero-order valence-electron chi connectivity index (χ0n) is 8.67. The minimum Gasteiger partial charge on any atom is -0.504 e. The van der Waals surface area contributed by atoms with Crippen molar-refractivity contribution in [3.63, 3.8) is 0 Å². The molecule has 2 rings (SSSR count). The van der Waals surface area contributed by atoms with E-state index < -0.39 is 0 Å². The summed E-state index contributed by atoms with van der Waals surface area (Å²) in [7, 11) is 1.50. The fourth-order valence-corrected chi connectivity index (χ4v) is 2.18. The number of aliphatic imine (C=N–C) groups is 1. The van der Waals surface area contributed by atoms with E-state index in [9.17, 15) is 5.11 Å². The first-order chi connectivity index (χ1) is 7.16. The second-order valence-corrected chi connectivity index (χ2v) is 3.88. The molecule has 0 saturated heterocycles. The summed E-state index contributed by atoms with van der Waals surface area (Å²) in [5, 5.41) is 10.4. The van der Waals surface area contributed by atoms with Gasteiger partial charge in [-0.15, -0.1) is 0 Å². The van der Waals surface area contributed by atoms with Crippen LogP contribution in [0, 0.1) is 6.92 Å². The summed E-state index contributed by atoms with van der Waals surface area (Å²) in [6.07, 6.45) is 2.56. The van der Waals surface area contributed by atoms with Crippen LogP contribution in [0.3, 0.4) is 0 Å². The molecule has 0 aliphatic carbocycles. The molecule has 1 aromatic rings. The molecule has 3 nitrogen and oxygen atoms in total. The van der Waals surface area contributed by atoms with Crippen molar-refractivity contribution in [3.8, 4) is 11.5 Å². The summed E-state index contributed by atoms with van der Waals surface area (Å²) in [4.78, 5) is 4.18. The van der Waals surface area contributed by atoms with E-state index in [0.717, 1.165) is 29.7 Å². The SMILES string of the molecule is COc1c(O)c(C)c2c(c1Cl)CCN=C2. The first-order valence-electron chi connectivity index (χ1n) is 4.74. The van der Waals surface area contributed by atoms with Gasteiger partial charge < -0.3 is 9.84 Å². The third-order valence-corrected chi connectivity index (χ3v) is 3.08. The lowest BCUT2D eigenvalue weighted by Gasteiger charge is -2.18. The Morgan fingerprint density at radius 2 is 2.27 bits per heavy atom. The lowest BCUT2D eigenvalue weighted by Crippen LogP contribution is -2.07. The van der Waals surface area contributed by atoms with E-state index in [1.54, 1.807) is 6.21 Å². The number of hydrogen-bond acceptors (Lipinski definition) is 3. The molecule has 15 heavy (non-hydrogen) atoms. The first kappa shape index (κ1) is 10.3. The number of ether oxygens (including phenoxy) is 1. The lowest BCUT2D eigenvalue weighted by molar-refractivity contribution is 0.371. The summed E-state index contributed by atoms with van der Waals surface area (Å²) >= 11 is 6.16. The molecule has 1 aliphatic rings. The molecular weight excluding hydrogens is 214 g/mol. The predicted molar refractivity (Wildman–Crippen MR) is 60.6 cm³/mol. The fraction of sp³-hybridized carbons (Fsp3) is 0.364. The summed E-state index contributed by atoms with van der Waals surface area (Å²) in [5.74, 6) is 0.470. The number of fused-ring (bicyclic) bond motifs is 1. The van der Waals surface area contributed by atoms with Crippen molar-refractivity contribution in [2.75, 3.05) is 13.7 Å². The Hall–Kier alpha value is -1.22. The number of benzene rings is 1. The zero-order chi connectivity index (χ0) is 11.0. The number of phenolic OH excluding ortho intramolecular Hbond substituents is 1. The minimum atomic E-state index is 0.106. The van der Waals surface area contributed by atoms with Crippen molar-refractivity contribution in [2.24, 2.45) is 4.99 Å². The Morgan fingerprint density at radius 1 is 1.53 bits per heavy atom. The maximum Gasteiger partial charge on any atom is 0.179 e. The third kappa shape index (κ3) is 1.47. The summed E-state index contributed by atoms with van der Waals surface area (Å²) in [6.45, 7) is 2.57. The van der Waals surface area contributed by atoms with E-state index in [2.05, 4.69) is 4.99 Å². The van der Waals surface area contributed by atoms with E-state index in [1.165, 1.54) is 7.11 Å². The number of aromatic hydroxyl groups is 1. The number of phenols is 1. The molecule has 0 amide bonds. The van der Waals surface area contributed by atoms with Crippen molar-refractivity contribution in [1.82, 2.24) is 0 Å². The molecule has 0 aromatic heterocycles. The van der Waals surface area contributed by atoms with E-state index in [1.807, 2.05) is 6.92 Å². The molecule has 1 heterocycles. The summed E-state index contributed by atoms with van der Waals surface area (Å²) < 4.78 is 5.10. The highest BCUT2D eigenvalue weighted by molar-refractivity contribution is 6.33. The van der Waals surface area contributed by atoms with Crippen molar-refractivity contribution in [1.29, 1.82) is 0 Å². The lowest BCUT2D eigenvalue weighted by atomic mass is 9.97. The smallest absolute Gasteiger partial charge is 0.179 e. The van der Waals surface area contributed by atoms with Gasteiger partial charge in [0.15, 0.2) is 11.5 Å². The van der Waals surface area contributed by atoms with Crippen molar-refractivity contribution < 1.29 is 9.84 Å². The van der Waals surface area contributed by atoms with Gasteiger partial charge in [0.1, 0.15) is 0 Å². The molecule has 1 N–H and O–H groups in total. The quantitative estimate of drug-likeness (QED) is 0.797. The van der Waals surface area contributed by atoms with E-state index in [-0.39, 0.29) is 5.75 Å². The molecular formula is C11H12ClNO2. The zero-order valence-corrected chi connectivity index (χ0v) is 9.43. The van der Waals surface area contributed by atoms with Crippen LogP contribution in [0.1, 0.15) is 16.7 Å². The molecule has 4 heteroatoms. The predicted octanol–water partition coefficient (Wildman–Crippen LogP) is 2.34. The van der Waals surface area contributed by atoms with Crippen LogP contribution in [-0.2, 0) is 6.42 Å². The number of hydrogen-bond donors (Lipinski definition) is 1.